The van der Waals surface area contributed by atoms with E-state index >= 15 is 0 Å². The maximum absolute atomic E-state index is 12.0. The summed E-state index contributed by atoms with van der Waals surface area (Å²) in [6.45, 7) is 4.15. The molecule has 0 spiro atoms. The average Bonchev–Trinajstić information content (AvgIpc) is 2.23. The van der Waals surface area contributed by atoms with E-state index in [9.17, 15) is 4.21 Å². The van der Waals surface area contributed by atoms with Crippen LogP contribution >= 0.6 is 0 Å². The number of fused-ring (bicyclic) bond motifs is 1. The van der Waals surface area contributed by atoms with E-state index in [1.165, 1.54) is 11.1 Å². The molecule has 2 nitrogen and oxygen atoms in total. The lowest BCUT2D eigenvalue weighted by Gasteiger charge is -2.27. The number of aryl methyl sites for hydroxylation is 2. The van der Waals surface area contributed by atoms with Crippen LogP contribution in [-0.2, 0) is 10.8 Å². The lowest BCUT2D eigenvalue weighted by atomic mass is 9.96. The zero-order valence-corrected chi connectivity index (χ0v) is 10.3. The van der Waals surface area contributed by atoms with E-state index < -0.39 is 10.8 Å². The molecule has 1 aliphatic rings. The largest absolute Gasteiger partial charge is 0.313 e. The molecule has 2 atom stereocenters. The Morgan fingerprint density at radius 3 is 2.67 bits per heavy atom. The van der Waals surface area contributed by atoms with Crippen LogP contribution in [0.4, 0.5) is 0 Å². The van der Waals surface area contributed by atoms with Crippen LogP contribution in [0.15, 0.2) is 17.0 Å². The molecule has 0 aliphatic carbocycles. The van der Waals surface area contributed by atoms with Crippen LogP contribution in [0.2, 0.25) is 0 Å². The minimum absolute atomic E-state index is 0.373. The van der Waals surface area contributed by atoms with Gasteiger partial charge in [-0.1, -0.05) is 12.1 Å². The highest BCUT2D eigenvalue weighted by Gasteiger charge is 2.26. The Balaban J connectivity index is 2.65. The summed E-state index contributed by atoms with van der Waals surface area (Å²) in [6, 6.07) is 4.57. The molecule has 1 N–H and O–H groups in total. The summed E-state index contributed by atoms with van der Waals surface area (Å²) in [4.78, 5) is 1.07. The van der Waals surface area contributed by atoms with E-state index in [1.807, 2.05) is 14.0 Å². The van der Waals surface area contributed by atoms with Crippen molar-refractivity contribution in [2.24, 2.45) is 0 Å². The van der Waals surface area contributed by atoms with Gasteiger partial charge < -0.3 is 5.32 Å². The Morgan fingerprint density at radius 1 is 1.33 bits per heavy atom. The second-order valence-corrected chi connectivity index (χ2v) is 5.63. The first-order valence-electron chi connectivity index (χ1n) is 5.31. The molecular formula is C12H17NOS. The maximum Gasteiger partial charge on any atom is 0.0536 e. The van der Waals surface area contributed by atoms with E-state index in [1.54, 1.807) is 0 Å². The van der Waals surface area contributed by atoms with E-state index in [-0.39, 0.29) is 0 Å². The quantitative estimate of drug-likeness (QED) is 0.789. The summed E-state index contributed by atoms with van der Waals surface area (Å²) in [7, 11) is 1.18. The molecule has 0 amide bonds. The number of nitrogens with one attached hydrogen (secondary N) is 1. The van der Waals surface area contributed by atoms with Crippen molar-refractivity contribution in [3.8, 4) is 0 Å². The molecule has 15 heavy (non-hydrogen) atoms. The second-order valence-electron chi connectivity index (χ2n) is 4.12. The highest BCUT2D eigenvalue weighted by Crippen LogP contribution is 2.34. The topological polar surface area (TPSA) is 29.1 Å². The summed E-state index contributed by atoms with van der Waals surface area (Å²) < 4.78 is 12.0. The summed E-state index contributed by atoms with van der Waals surface area (Å²) in [5.74, 6) is 0.781. The van der Waals surface area contributed by atoms with Gasteiger partial charge in [0, 0.05) is 16.7 Å². The fourth-order valence-corrected chi connectivity index (χ4v) is 3.93. The maximum atomic E-state index is 12.0. The molecule has 0 bridgehead atoms. The molecular weight excluding hydrogens is 206 g/mol. The van der Waals surface area contributed by atoms with Gasteiger partial charge in [-0.05, 0) is 44.0 Å². The molecule has 0 radical (unpaired) electrons. The van der Waals surface area contributed by atoms with Crippen molar-refractivity contribution >= 4 is 10.8 Å². The van der Waals surface area contributed by atoms with Gasteiger partial charge in [0.05, 0.1) is 10.8 Å². The van der Waals surface area contributed by atoms with Gasteiger partial charge in [-0.2, -0.15) is 0 Å². The summed E-state index contributed by atoms with van der Waals surface area (Å²) >= 11 is 0. The SMILES string of the molecule is CNC1CCS(=O)c2c(C)ccc(C)c21. The van der Waals surface area contributed by atoms with Crippen molar-refractivity contribution in [1.82, 2.24) is 5.32 Å². The first-order valence-corrected chi connectivity index (χ1v) is 6.62. The van der Waals surface area contributed by atoms with Crippen LogP contribution < -0.4 is 5.32 Å². The van der Waals surface area contributed by atoms with Crippen molar-refractivity contribution in [3.63, 3.8) is 0 Å². The van der Waals surface area contributed by atoms with E-state index in [0.29, 0.717) is 6.04 Å². The summed E-state index contributed by atoms with van der Waals surface area (Å²) in [5, 5.41) is 3.31. The van der Waals surface area contributed by atoms with Gasteiger partial charge in [-0.3, -0.25) is 4.21 Å². The molecule has 0 aromatic heterocycles. The average molecular weight is 223 g/mol. The van der Waals surface area contributed by atoms with Crippen molar-refractivity contribution in [3.05, 3.63) is 28.8 Å². The van der Waals surface area contributed by atoms with Crippen LogP contribution in [0.5, 0.6) is 0 Å². The minimum atomic E-state index is -0.799. The van der Waals surface area contributed by atoms with E-state index in [0.717, 1.165) is 22.6 Å². The predicted molar refractivity (Wildman–Crippen MR) is 63.6 cm³/mol. The van der Waals surface area contributed by atoms with Gasteiger partial charge in [0.1, 0.15) is 0 Å². The van der Waals surface area contributed by atoms with Crippen molar-refractivity contribution in [2.45, 2.75) is 31.2 Å². The number of benzene rings is 1. The standard InChI is InChI=1S/C12H17NOS/c1-8-4-5-9(2)12-11(8)10(13-3)6-7-15(12)14/h4-5,10,13H,6-7H2,1-3H3. The lowest BCUT2D eigenvalue weighted by Crippen LogP contribution is -2.26. The zero-order valence-electron chi connectivity index (χ0n) is 9.46. The second kappa shape index (κ2) is 4.06. The van der Waals surface area contributed by atoms with Gasteiger partial charge in [0.15, 0.2) is 0 Å². The monoisotopic (exact) mass is 223 g/mol. The zero-order chi connectivity index (χ0) is 11.0. The summed E-state index contributed by atoms with van der Waals surface area (Å²) in [5.41, 5.74) is 3.68. The molecule has 0 saturated heterocycles. The van der Waals surface area contributed by atoms with E-state index in [2.05, 4.69) is 24.4 Å². The molecule has 0 fully saturated rings. The van der Waals surface area contributed by atoms with E-state index in [4.69, 9.17) is 0 Å². The van der Waals surface area contributed by atoms with Gasteiger partial charge in [0.25, 0.3) is 0 Å². The van der Waals surface area contributed by atoms with Gasteiger partial charge in [-0.25, -0.2) is 0 Å². The predicted octanol–water partition coefficient (Wildman–Crippen LogP) is 2.08. The molecule has 2 rings (SSSR count). The molecule has 3 heteroatoms. The third-order valence-corrected chi connectivity index (χ3v) is 4.73. The third-order valence-electron chi connectivity index (χ3n) is 3.13. The number of hydrogen-bond acceptors (Lipinski definition) is 2. The van der Waals surface area contributed by atoms with Gasteiger partial charge in [0.2, 0.25) is 0 Å². The normalized spacial score (nSPS) is 25.0. The first-order chi connectivity index (χ1) is 7.15. The first kappa shape index (κ1) is 10.8. The Kier molecular flexibility index (Phi) is 2.94. The molecule has 0 saturated carbocycles. The van der Waals surface area contributed by atoms with Crippen LogP contribution in [0.1, 0.15) is 29.2 Å². The van der Waals surface area contributed by atoms with Crippen molar-refractivity contribution in [1.29, 1.82) is 0 Å². The Morgan fingerprint density at radius 2 is 2.00 bits per heavy atom. The van der Waals surface area contributed by atoms with Gasteiger partial charge >= 0.3 is 0 Å². The lowest BCUT2D eigenvalue weighted by molar-refractivity contribution is 0.550. The Bertz CT molecular complexity index is 414. The van der Waals surface area contributed by atoms with Crippen molar-refractivity contribution < 1.29 is 4.21 Å². The fraction of sp³-hybridized carbons (Fsp3) is 0.500. The summed E-state index contributed by atoms with van der Waals surface area (Å²) in [6.07, 6.45) is 0.973. The Labute approximate surface area is 93.5 Å². The van der Waals surface area contributed by atoms with Crippen LogP contribution in [0.3, 0.4) is 0 Å². The van der Waals surface area contributed by atoms with Crippen LogP contribution in [-0.4, -0.2) is 17.0 Å². The van der Waals surface area contributed by atoms with Crippen LogP contribution in [0.25, 0.3) is 0 Å². The highest BCUT2D eigenvalue weighted by atomic mass is 32.2. The smallest absolute Gasteiger partial charge is 0.0536 e. The molecule has 1 heterocycles. The highest BCUT2D eigenvalue weighted by molar-refractivity contribution is 7.85. The van der Waals surface area contributed by atoms with Gasteiger partial charge in [-0.15, -0.1) is 0 Å². The molecule has 2 unspecified atom stereocenters. The molecule has 1 aliphatic heterocycles. The fourth-order valence-electron chi connectivity index (χ4n) is 2.30. The van der Waals surface area contributed by atoms with Crippen LogP contribution in [0, 0.1) is 13.8 Å². The minimum Gasteiger partial charge on any atom is -0.313 e. The molecule has 82 valence electrons. The third kappa shape index (κ3) is 1.74. The Hall–Kier alpha value is -0.670. The van der Waals surface area contributed by atoms with Crippen molar-refractivity contribution in [2.75, 3.05) is 12.8 Å². The number of rotatable bonds is 1. The molecule has 1 aromatic rings. The molecule has 1 aromatic carbocycles. The number of hydrogen-bond donors (Lipinski definition) is 1.